The number of hydrogen-bond acceptors (Lipinski definition) is 3. The maximum Gasteiger partial charge on any atom is 0.272 e. The monoisotopic (exact) mass is 256 g/mol. The lowest BCUT2D eigenvalue weighted by atomic mass is 9.99. The molecule has 1 amide bonds. The van der Waals surface area contributed by atoms with Crippen molar-refractivity contribution in [1.29, 1.82) is 0 Å². The fourth-order valence-electron chi connectivity index (χ4n) is 2.50. The first-order valence-electron chi connectivity index (χ1n) is 6.30. The van der Waals surface area contributed by atoms with Gasteiger partial charge in [-0.2, -0.15) is 5.10 Å². The van der Waals surface area contributed by atoms with Crippen LogP contribution in [-0.2, 0) is 20.0 Å². The van der Waals surface area contributed by atoms with Gasteiger partial charge < -0.3 is 10.6 Å². The van der Waals surface area contributed by atoms with Gasteiger partial charge in [-0.1, -0.05) is 6.07 Å². The third-order valence-corrected chi connectivity index (χ3v) is 3.57. The lowest BCUT2D eigenvalue weighted by Crippen LogP contribution is -2.36. The lowest BCUT2D eigenvalue weighted by molar-refractivity contribution is 0.0723. The summed E-state index contributed by atoms with van der Waals surface area (Å²) in [6.45, 7) is 1.35. The Bertz CT molecular complexity index is 632. The van der Waals surface area contributed by atoms with Gasteiger partial charge in [-0.15, -0.1) is 0 Å². The standard InChI is InChI=1S/C14H16N4O/c1-17-13(4-6-16-17)14(19)18-7-5-10-2-3-12(15)8-11(10)9-18/h2-4,6,8H,5,7,9,15H2,1H3. The molecule has 1 aromatic heterocycles. The van der Waals surface area contributed by atoms with Gasteiger partial charge in [-0.25, -0.2) is 0 Å². The number of aromatic nitrogens is 2. The van der Waals surface area contributed by atoms with Crippen LogP contribution in [-0.4, -0.2) is 27.1 Å². The third kappa shape index (κ3) is 2.07. The molecule has 1 aromatic carbocycles. The minimum absolute atomic E-state index is 0.0214. The minimum atomic E-state index is 0.0214. The molecule has 3 rings (SSSR count). The van der Waals surface area contributed by atoms with Crippen LogP contribution in [0.5, 0.6) is 0 Å². The van der Waals surface area contributed by atoms with Gasteiger partial charge >= 0.3 is 0 Å². The molecule has 98 valence electrons. The zero-order valence-corrected chi connectivity index (χ0v) is 10.8. The van der Waals surface area contributed by atoms with E-state index < -0.39 is 0 Å². The second kappa shape index (κ2) is 4.42. The number of nitrogen functional groups attached to an aromatic ring is 1. The maximum absolute atomic E-state index is 12.4. The number of rotatable bonds is 1. The summed E-state index contributed by atoms with van der Waals surface area (Å²) in [7, 11) is 1.78. The number of benzene rings is 1. The Morgan fingerprint density at radius 3 is 2.89 bits per heavy atom. The van der Waals surface area contributed by atoms with Crippen LogP contribution in [0.2, 0.25) is 0 Å². The first kappa shape index (κ1) is 11.8. The highest BCUT2D eigenvalue weighted by atomic mass is 16.2. The molecule has 0 radical (unpaired) electrons. The Morgan fingerprint density at radius 2 is 2.16 bits per heavy atom. The van der Waals surface area contributed by atoms with Crippen molar-refractivity contribution in [3.8, 4) is 0 Å². The predicted octanol–water partition coefficient (Wildman–Crippen LogP) is 1.20. The summed E-state index contributed by atoms with van der Waals surface area (Å²) in [5, 5.41) is 4.04. The molecule has 0 saturated heterocycles. The number of fused-ring (bicyclic) bond motifs is 1. The van der Waals surface area contributed by atoms with E-state index in [1.54, 1.807) is 24.0 Å². The van der Waals surface area contributed by atoms with E-state index >= 15 is 0 Å². The topological polar surface area (TPSA) is 64.2 Å². The molecular weight excluding hydrogens is 240 g/mol. The molecule has 0 atom stereocenters. The van der Waals surface area contributed by atoms with E-state index in [0.29, 0.717) is 12.2 Å². The van der Waals surface area contributed by atoms with E-state index in [1.165, 1.54) is 5.56 Å². The summed E-state index contributed by atoms with van der Waals surface area (Å²) in [5.41, 5.74) is 9.59. The van der Waals surface area contributed by atoms with Crippen LogP contribution >= 0.6 is 0 Å². The van der Waals surface area contributed by atoms with E-state index in [2.05, 4.69) is 11.2 Å². The van der Waals surface area contributed by atoms with Crippen molar-refractivity contribution in [2.24, 2.45) is 7.05 Å². The van der Waals surface area contributed by atoms with Crippen LogP contribution in [0.4, 0.5) is 5.69 Å². The van der Waals surface area contributed by atoms with Gasteiger partial charge in [-0.3, -0.25) is 9.48 Å². The van der Waals surface area contributed by atoms with E-state index in [1.807, 2.05) is 17.0 Å². The Balaban J connectivity index is 1.86. The fraction of sp³-hybridized carbons (Fsp3) is 0.286. The van der Waals surface area contributed by atoms with Gasteiger partial charge in [0.1, 0.15) is 5.69 Å². The average Bonchev–Trinajstić information content (AvgIpc) is 2.83. The van der Waals surface area contributed by atoms with E-state index in [0.717, 1.165) is 24.2 Å². The van der Waals surface area contributed by atoms with E-state index in [-0.39, 0.29) is 5.91 Å². The van der Waals surface area contributed by atoms with Crippen LogP contribution in [0.3, 0.4) is 0 Å². The molecule has 0 saturated carbocycles. The number of anilines is 1. The number of nitrogens with two attached hydrogens (primary N) is 1. The number of nitrogens with zero attached hydrogens (tertiary/aromatic N) is 3. The summed E-state index contributed by atoms with van der Waals surface area (Å²) in [5.74, 6) is 0.0214. The van der Waals surface area contributed by atoms with Crippen LogP contribution < -0.4 is 5.73 Å². The van der Waals surface area contributed by atoms with Crippen molar-refractivity contribution in [1.82, 2.24) is 14.7 Å². The third-order valence-electron chi connectivity index (χ3n) is 3.57. The van der Waals surface area contributed by atoms with Crippen molar-refractivity contribution in [3.63, 3.8) is 0 Å². The molecule has 0 bridgehead atoms. The first-order chi connectivity index (χ1) is 9.15. The second-order valence-electron chi connectivity index (χ2n) is 4.84. The summed E-state index contributed by atoms with van der Waals surface area (Å²) in [6.07, 6.45) is 2.52. The Labute approximate surface area is 111 Å². The molecule has 2 aromatic rings. The van der Waals surface area contributed by atoms with Crippen molar-refractivity contribution < 1.29 is 4.79 Å². The molecule has 0 spiro atoms. The summed E-state index contributed by atoms with van der Waals surface area (Å²) >= 11 is 0. The molecule has 1 aliphatic heterocycles. The number of carbonyl (C=O) groups excluding carboxylic acids is 1. The molecule has 0 unspecified atom stereocenters. The largest absolute Gasteiger partial charge is 0.399 e. The van der Waals surface area contributed by atoms with E-state index in [9.17, 15) is 4.79 Å². The lowest BCUT2D eigenvalue weighted by Gasteiger charge is -2.29. The molecule has 0 aliphatic carbocycles. The molecule has 0 fully saturated rings. The Morgan fingerprint density at radius 1 is 1.32 bits per heavy atom. The summed E-state index contributed by atoms with van der Waals surface area (Å²) in [4.78, 5) is 14.3. The van der Waals surface area contributed by atoms with Gasteiger partial charge in [0, 0.05) is 32.0 Å². The molecule has 5 heteroatoms. The van der Waals surface area contributed by atoms with Gasteiger partial charge in [0.15, 0.2) is 0 Å². The van der Waals surface area contributed by atoms with Crippen molar-refractivity contribution in [2.45, 2.75) is 13.0 Å². The van der Waals surface area contributed by atoms with Crippen LogP contribution in [0.1, 0.15) is 21.6 Å². The number of amides is 1. The second-order valence-corrected chi connectivity index (χ2v) is 4.84. The van der Waals surface area contributed by atoms with Crippen molar-refractivity contribution >= 4 is 11.6 Å². The highest BCUT2D eigenvalue weighted by Gasteiger charge is 2.23. The molecule has 5 nitrogen and oxygen atoms in total. The summed E-state index contributed by atoms with van der Waals surface area (Å²) in [6, 6.07) is 7.67. The molecular formula is C14H16N4O. The highest BCUT2D eigenvalue weighted by Crippen LogP contribution is 2.22. The highest BCUT2D eigenvalue weighted by molar-refractivity contribution is 5.92. The van der Waals surface area contributed by atoms with E-state index in [4.69, 9.17) is 5.73 Å². The Hall–Kier alpha value is -2.30. The maximum atomic E-state index is 12.4. The van der Waals surface area contributed by atoms with Gasteiger partial charge in [0.25, 0.3) is 5.91 Å². The van der Waals surface area contributed by atoms with Crippen LogP contribution in [0.15, 0.2) is 30.5 Å². The van der Waals surface area contributed by atoms with Gasteiger partial charge in [-0.05, 0) is 35.7 Å². The summed E-state index contributed by atoms with van der Waals surface area (Å²) < 4.78 is 1.61. The van der Waals surface area contributed by atoms with Gasteiger partial charge in [0.05, 0.1) is 0 Å². The van der Waals surface area contributed by atoms with Crippen molar-refractivity contribution in [3.05, 3.63) is 47.3 Å². The normalized spacial score (nSPS) is 14.3. The number of aryl methyl sites for hydroxylation is 1. The molecule has 19 heavy (non-hydrogen) atoms. The minimum Gasteiger partial charge on any atom is -0.399 e. The average molecular weight is 256 g/mol. The molecule has 2 N–H and O–H groups in total. The Kier molecular flexibility index (Phi) is 2.74. The zero-order chi connectivity index (χ0) is 13.4. The van der Waals surface area contributed by atoms with Crippen LogP contribution in [0.25, 0.3) is 0 Å². The SMILES string of the molecule is Cn1nccc1C(=O)N1CCc2ccc(N)cc2C1. The van der Waals surface area contributed by atoms with Crippen LogP contribution in [0, 0.1) is 0 Å². The van der Waals surface area contributed by atoms with Gasteiger partial charge in [0.2, 0.25) is 0 Å². The number of hydrogen-bond donors (Lipinski definition) is 1. The number of carbonyl (C=O) groups is 1. The molecule has 2 heterocycles. The predicted molar refractivity (Wildman–Crippen MR) is 72.5 cm³/mol. The zero-order valence-electron chi connectivity index (χ0n) is 10.8. The smallest absolute Gasteiger partial charge is 0.272 e. The molecule has 1 aliphatic rings. The quantitative estimate of drug-likeness (QED) is 0.780. The van der Waals surface area contributed by atoms with Crippen molar-refractivity contribution in [2.75, 3.05) is 12.3 Å². The fourth-order valence-corrected chi connectivity index (χ4v) is 2.50. The first-order valence-corrected chi connectivity index (χ1v) is 6.30.